The Labute approximate surface area is 108 Å². The normalized spacial score (nSPS) is 12.7. The van der Waals surface area contributed by atoms with E-state index in [-0.39, 0.29) is 36.6 Å². The molecule has 1 aromatic rings. The summed E-state index contributed by atoms with van der Waals surface area (Å²) < 4.78 is 36.8. The highest BCUT2D eigenvalue weighted by Gasteiger charge is 2.28. The van der Waals surface area contributed by atoms with Gasteiger partial charge in [0.2, 0.25) is 5.91 Å². The van der Waals surface area contributed by atoms with Crippen molar-refractivity contribution in [3.05, 3.63) is 12.3 Å². The molecule has 0 bridgehead atoms. The molecular weight excluding hydrogens is 273 g/mol. The van der Waals surface area contributed by atoms with Gasteiger partial charge in [0.1, 0.15) is 6.54 Å². The highest BCUT2D eigenvalue weighted by molar-refractivity contribution is 5.90. The van der Waals surface area contributed by atoms with E-state index in [1.165, 1.54) is 6.07 Å². The van der Waals surface area contributed by atoms with Crippen LogP contribution >= 0.6 is 12.4 Å². The Morgan fingerprint density at radius 1 is 1.61 bits per heavy atom. The summed E-state index contributed by atoms with van der Waals surface area (Å²) in [5.74, 6) is -0.294. The molecule has 1 aromatic heterocycles. The highest BCUT2D eigenvalue weighted by Crippen LogP contribution is 2.17. The van der Waals surface area contributed by atoms with Gasteiger partial charge in [0.05, 0.1) is 0 Å². The number of halogens is 4. The molecule has 0 aliphatic rings. The molecule has 0 aliphatic carbocycles. The first-order chi connectivity index (χ1) is 7.76. The quantitative estimate of drug-likeness (QED) is 0.882. The summed E-state index contributed by atoms with van der Waals surface area (Å²) in [6, 6.07) is 0.984. The van der Waals surface area contributed by atoms with Gasteiger partial charge in [0.25, 0.3) is 0 Å². The third kappa shape index (κ3) is 6.45. The Balaban J connectivity index is 0.00000289. The minimum absolute atomic E-state index is 0. The molecule has 0 spiro atoms. The van der Waals surface area contributed by atoms with Crippen LogP contribution in [0.2, 0.25) is 0 Å². The second kappa shape index (κ2) is 6.60. The smallest absolute Gasteiger partial charge is 0.327 e. The molecule has 1 heterocycles. The molecule has 0 radical (unpaired) electrons. The van der Waals surface area contributed by atoms with Crippen LogP contribution in [0.25, 0.3) is 0 Å². The van der Waals surface area contributed by atoms with Crippen LogP contribution in [0.15, 0.2) is 12.3 Å². The van der Waals surface area contributed by atoms with Crippen molar-refractivity contribution in [2.75, 3.05) is 5.32 Å². The van der Waals surface area contributed by atoms with E-state index in [0.717, 1.165) is 6.20 Å². The van der Waals surface area contributed by atoms with E-state index in [0.29, 0.717) is 4.68 Å². The highest BCUT2D eigenvalue weighted by atomic mass is 35.5. The zero-order valence-corrected chi connectivity index (χ0v) is 10.4. The van der Waals surface area contributed by atoms with Gasteiger partial charge in [-0.25, -0.2) is 0 Å². The standard InChI is InChI=1S/C9H13F3N4O.ClH/c1-6(13)4-8(17)14-7-2-3-16(15-7)5-9(10,11)12;/h2-3,6H,4-5,13H2,1H3,(H,14,15,17);1H. The predicted molar refractivity (Wildman–Crippen MR) is 62.4 cm³/mol. The summed E-state index contributed by atoms with van der Waals surface area (Å²) in [5.41, 5.74) is 5.40. The first-order valence-corrected chi connectivity index (χ1v) is 4.92. The number of amides is 1. The number of nitrogens with zero attached hydrogens (tertiary/aromatic N) is 2. The summed E-state index contributed by atoms with van der Waals surface area (Å²) in [6.45, 7) is 0.470. The molecule has 104 valence electrons. The van der Waals surface area contributed by atoms with Crippen molar-refractivity contribution in [1.29, 1.82) is 0 Å². The van der Waals surface area contributed by atoms with Gasteiger partial charge in [0, 0.05) is 24.7 Å². The Morgan fingerprint density at radius 2 is 2.22 bits per heavy atom. The van der Waals surface area contributed by atoms with Crippen LogP contribution in [-0.2, 0) is 11.3 Å². The first kappa shape index (κ1) is 16.7. The second-order valence-corrected chi connectivity index (χ2v) is 3.74. The molecule has 0 saturated carbocycles. The number of aromatic nitrogens is 2. The van der Waals surface area contributed by atoms with Gasteiger partial charge >= 0.3 is 6.18 Å². The van der Waals surface area contributed by atoms with Gasteiger partial charge in [-0.2, -0.15) is 18.3 Å². The number of carbonyl (C=O) groups is 1. The number of hydrogen-bond donors (Lipinski definition) is 2. The molecule has 9 heteroatoms. The number of nitrogens with one attached hydrogen (secondary N) is 1. The molecular formula is C9H14ClF3N4O. The van der Waals surface area contributed by atoms with Crippen LogP contribution in [0.4, 0.5) is 19.0 Å². The fourth-order valence-corrected chi connectivity index (χ4v) is 1.19. The summed E-state index contributed by atoms with van der Waals surface area (Å²) in [4.78, 5) is 11.3. The molecule has 1 amide bonds. The van der Waals surface area contributed by atoms with E-state index >= 15 is 0 Å². The maximum atomic E-state index is 12.0. The van der Waals surface area contributed by atoms with Crippen molar-refractivity contribution in [1.82, 2.24) is 9.78 Å². The van der Waals surface area contributed by atoms with Gasteiger partial charge in [-0.15, -0.1) is 12.4 Å². The molecule has 5 nitrogen and oxygen atoms in total. The fraction of sp³-hybridized carbons (Fsp3) is 0.556. The average Bonchev–Trinajstić information content (AvgIpc) is 2.46. The summed E-state index contributed by atoms with van der Waals surface area (Å²) >= 11 is 0. The van der Waals surface area contributed by atoms with E-state index in [1.807, 2.05) is 0 Å². The second-order valence-electron chi connectivity index (χ2n) is 3.74. The van der Waals surface area contributed by atoms with E-state index < -0.39 is 12.7 Å². The van der Waals surface area contributed by atoms with Gasteiger partial charge in [-0.05, 0) is 6.92 Å². The molecule has 0 saturated heterocycles. The molecule has 0 aliphatic heterocycles. The van der Waals surface area contributed by atoms with Crippen LogP contribution in [-0.4, -0.2) is 27.9 Å². The predicted octanol–water partition coefficient (Wildman–Crippen LogP) is 1.54. The Bertz CT molecular complexity index is 391. The molecule has 18 heavy (non-hydrogen) atoms. The maximum Gasteiger partial charge on any atom is 0.408 e. The lowest BCUT2D eigenvalue weighted by Crippen LogP contribution is -2.24. The number of nitrogens with two attached hydrogens (primary N) is 1. The summed E-state index contributed by atoms with van der Waals surface area (Å²) in [5, 5.41) is 5.93. The third-order valence-electron chi connectivity index (χ3n) is 1.76. The molecule has 0 aromatic carbocycles. The Kier molecular flexibility index (Phi) is 6.13. The van der Waals surface area contributed by atoms with E-state index in [2.05, 4.69) is 10.4 Å². The number of carbonyl (C=O) groups excluding carboxylic acids is 1. The zero-order valence-electron chi connectivity index (χ0n) is 9.57. The van der Waals surface area contributed by atoms with Crippen LogP contribution < -0.4 is 11.1 Å². The topological polar surface area (TPSA) is 72.9 Å². The van der Waals surface area contributed by atoms with Gasteiger partial charge in [-0.1, -0.05) is 0 Å². The van der Waals surface area contributed by atoms with Crippen molar-refractivity contribution < 1.29 is 18.0 Å². The SMILES string of the molecule is CC(N)CC(=O)Nc1ccn(CC(F)(F)F)n1.Cl. The lowest BCUT2D eigenvalue weighted by atomic mass is 10.2. The van der Waals surface area contributed by atoms with Crippen LogP contribution in [0, 0.1) is 0 Å². The monoisotopic (exact) mass is 286 g/mol. The van der Waals surface area contributed by atoms with Crippen molar-refractivity contribution in [2.24, 2.45) is 5.73 Å². The van der Waals surface area contributed by atoms with Gasteiger partial charge < -0.3 is 11.1 Å². The average molecular weight is 287 g/mol. The molecule has 1 unspecified atom stereocenters. The number of rotatable bonds is 4. The van der Waals surface area contributed by atoms with E-state index in [9.17, 15) is 18.0 Å². The number of alkyl halides is 3. The lowest BCUT2D eigenvalue weighted by Gasteiger charge is -2.06. The van der Waals surface area contributed by atoms with Crippen LogP contribution in [0.5, 0.6) is 0 Å². The van der Waals surface area contributed by atoms with Crippen molar-refractivity contribution >= 4 is 24.1 Å². The first-order valence-electron chi connectivity index (χ1n) is 4.92. The maximum absolute atomic E-state index is 12.0. The van der Waals surface area contributed by atoms with Crippen molar-refractivity contribution in [2.45, 2.75) is 32.1 Å². The Morgan fingerprint density at radius 3 is 2.72 bits per heavy atom. The molecule has 1 atom stereocenters. The van der Waals surface area contributed by atoms with E-state index in [4.69, 9.17) is 5.73 Å². The van der Waals surface area contributed by atoms with Crippen molar-refractivity contribution in [3.63, 3.8) is 0 Å². The number of hydrogen-bond acceptors (Lipinski definition) is 3. The van der Waals surface area contributed by atoms with Gasteiger partial charge in [0.15, 0.2) is 5.82 Å². The zero-order chi connectivity index (χ0) is 13.1. The molecule has 0 fully saturated rings. The number of anilines is 1. The fourth-order valence-electron chi connectivity index (χ4n) is 1.19. The Hall–Kier alpha value is -1.28. The van der Waals surface area contributed by atoms with Crippen LogP contribution in [0.3, 0.4) is 0 Å². The molecule has 3 N–H and O–H groups in total. The largest absolute Gasteiger partial charge is 0.408 e. The minimum Gasteiger partial charge on any atom is -0.327 e. The van der Waals surface area contributed by atoms with Gasteiger partial charge in [-0.3, -0.25) is 9.48 Å². The van der Waals surface area contributed by atoms with Crippen molar-refractivity contribution in [3.8, 4) is 0 Å². The van der Waals surface area contributed by atoms with Crippen LogP contribution in [0.1, 0.15) is 13.3 Å². The lowest BCUT2D eigenvalue weighted by molar-refractivity contribution is -0.142. The molecule has 1 rings (SSSR count). The minimum atomic E-state index is -4.33. The third-order valence-corrected chi connectivity index (χ3v) is 1.76. The summed E-state index contributed by atoms with van der Waals surface area (Å²) in [7, 11) is 0. The summed E-state index contributed by atoms with van der Waals surface area (Å²) in [6.07, 6.45) is -3.10. The van der Waals surface area contributed by atoms with E-state index in [1.54, 1.807) is 6.92 Å².